The van der Waals surface area contributed by atoms with Gasteiger partial charge in [0.15, 0.2) is 5.82 Å². The van der Waals surface area contributed by atoms with E-state index in [1.54, 1.807) is 30.5 Å². The average Bonchev–Trinajstić information content (AvgIpc) is 3.02. The molecule has 2 aliphatic carbocycles. The van der Waals surface area contributed by atoms with E-state index >= 15 is 0 Å². The summed E-state index contributed by atoms with van der Waals surface area (Å²) in [5.41, 5.74) is 0.639. The van der Waals surface area contributed by atoms with Gasteiger partial charge in [0.1, 0.15) is 0 Å². The number of nitrogens with one attached hydrogen (secondary N) is 2. The molecule has 0 spiro atoms. The first-order valence-electron chi connectivity index (χ1n) is 9.72. The molecule has 1 aromatic heterocycles. The minimum absolute atomic E-state index is 0.0405. The number of hydrogen-bond acceptors (Lipinski definition) is 4. The third-order valence-corrected chi connectivity index (χ3v) is 6.25. The van der Waals surface area contributed by atoms with Crippen molar-refractivity contribution in [3.8, 4) is 0 Å². The first-order valence-corrected chi connectivity index (χ1v) is 10.1. The van der Waals surface area contributed by atoms with Crippen LogP contribution in [0.2, 0.25) is 5.02 Å². The van der Waals surface area contributed by atoms with Crippen LogP contribution in [0.25, 0.3) is 0 Å². The zero-order chi connectivity index (χ0) is 19.8. The number of carbonyl (C=O) groups excluding carboxylic acids is 2. The van der Waals surface area contributed by atoms with Gasteiger partial charge in [0.2, 0.25) is 5.91 Å². The molecular formula is C20H24ClN5O2. The van der Waals surface area contributed by atoms with E-state index in [4.69, 9.17) is 11.6 Å². The van der Waals surface area contributed by atoms with E-state index in [0.717, 1.165) is 19.3 Å². The number of hydrogen-bond donors (Lipinski definition) is 2. The first-order chi connectivity index (χ1) is 13.5. The van der Waals surface area contributed by atoms with E-state index in [1.807, 2.05) is 4.68 Å². The number of nitrogens with zero attached hydrogens (tertiary/aromatic N) is 3. The molecule has 8 heteroatoms. The quantitative estimate of drug-likeness (QED) is 0.777. The average molecular weight is 402 g/mol. The van der Waals surface area contributed by atoms with Gasteiger partial charge in [0.05, 0.1) is 12.2 Å². The minimum Gasteiger partial charge on any atom is -0.349 e. The normalized spacial score (nSPS) is 26.4. The van der Waals surface area contributed by atoms with Crippen LogP contribution in [0.3, 0.4) is 0 Å². The Labute approximate surface area is 168 Å². The summed E-state index contributed by atoms with van der Waals surface area (Å²) < 4.78 is 1.86. The SMILES string of the molecule is CCC(NC(=O)c1ccc(Cl)cc1)C1C2CC(n3cc(NC(C)=O)nn3)CC21. The summed E-state index contributed by atoms with van der Waals surface area (Å²) in [5, 5.41) is 14.7. The van der Waals surface area contributed by atoms with Gasteiger partial charge in [-0.05, 0) is 61.3 Å². The lowest BCUT2D eigenvalue weighted by molar-refractivity contribution is -0.114. The summed E-state index contributed by atoms with van der Waals surface area (Å²) in [6.45, 7) is 3.58. The van der Waals surface area contributed by atoms with E-state index in [9.17, 15) is 9.59 Å². The number of anilines is 1. The predicted molar refractivity (Wildman–Crippen MR) is 106 cm³/mol. The van der Waals surface area contributed by atoms with Gasteiger partial charge in [-0.25, -0.2) is 4.68 Å². The molecule has 148 valence electrons. The number of halogens is 1. The van der Waals surface area contributed by atoms with Crippen molar-refractivity contribution in [3.63, 3.8) is 0 Å². The standard InChI is InChI=1S/C20H24ClN5O2/c1-3-17(23-20(28)12-4-6-13(21)7-5-12)19-15-8-14(9-16(15)19)26-10-18(24-25-26)22-11(2)27/h4-7,10,14-17,19H,3,8-9H2,1-2H3,(H,22,27)(H,23,28). The van der Waals surface area contributed by atoms with Gasteiger partial charge in [-0.2, -0.15) is 0 Å². The highest BCUT2D eigenvalue weighted by Crippen LogP contribution is 2.62. The summed E-state index contributed by atoms with van der Waals surface area (Å²) in [5.74, 6) is 2.04. The zero-order valence-electron chi connectivity index (χ0n) is 15.9. The van der Waals surface area contributed by atoms with E-state index in [-0.39, 0.29) is 17.9 Å². The number of benzene rings is 1. The molecule has 2 aromatic rings. The van der Waals surface area contributed by atoms with E-state index in [2.05, 4.69) is 27.9 Å². The molecule has 7 nitrogen and oxygen atoms in total. The Morgan fingerprint density at radius 1 is 1.25 bits per heavy atom. The Hall–Kier alpha value is -2.41. The van der Waals surface area contributed by atoms with Gasteiger partial charge < -0.3 is 10.6 Å². The lowest BCUT2D eigenvalue weighted by Crippen LogP contribution is -2.37. The van der Waals surface area contributed by atoms with Crippen LogP contribution in [0, 0.1) is 17.8 Å². The molecular weight excluding hydrogens is 378 g/mol. The monoisotopic (exact) mass is 401 g/mol. The Kier molecular flexibility index (Phi) is 5.10. The van der Waals surface area contributed by atoms with Crippen LogP contribution in [0.4, 0.5) is 5.82 Å². The maximum atomic E-state index is 12.5. The summed E-state index contributed by atoms with van der Waals surface area (Å²) in [4.78, 5) is 23.7. The van der Waals surface area contributed by atoms with Crippen molar-refractivity contribution in [2.24, 2.45) is 17.8 Å². The Morgan fingerprint density at radius 2 is 1.93 bits per heavy atom. The molecule has 0 saturated heterocycles. The second-order valence-electron chi connectivity index (χ2n) is 7.79. The molecule has 1 heterocycles. The second kappa shape index (κ2) is 7.54. The van der Waals surface area contributed by atoms with Crippen molar-refractivity contribution in [3.05, 3.63) is 41.0 Å². The van der Waals surface area contributed by atoms with E-state index in [1.165, 1.54) is 6.92 Å². The molecule has 2 fully saturated rings. The minimum atomic E-state index is -0.149. The number of amides is 2. The summed E-state index contributed by atoms with van der Waals surface area (Å²) in [6.07, 6.45) is 4.78. The molecule has 2 aliphatic rings. The van der Waals surface area contributed by atoms with E-state index < -0.39 is 0 Å². The summed E-state index contributed by atoms with van der Waals surface area (Å²) >= 11 is 5.90. The highest BCUT2D eigenvalue weighted by Gasteiger charge is 2.59. The second-order valence-corrected chi connectivity index (χ2v) is 8.23. The maximum Gasteiger partial charge on any atom is 0.251 e. The van der Waals surface area contributed by atoms with Gasteiger partial charge >= 0.3 is 0 Å². The smallest absolute Gasteiger partial charge is 0.251 e. The van der Waals surface area contributed by atoms with Crippen LogP contribution in [0.15, 0.2) is 30.5 Å². The van der Waals surface area contributed by atoms with Gasteiger partial charge in [0.25, 0.3) is 5.91 Å². The van der Waals surface area contributed by atoms with Gasteiger partial charge in [-0.3, -0.25) is 9.59 Å². The fourth-order valence-electron chi connectivity index (χ4n) is 4.69. The van der Waals surface area contributed by atoms with Crippen LogP contribution in [-0.2, 0) is 4.79 Å². The third kappa shape index (κ3) is 3.76. The van der Waals surface area contributed by atoms with Crippen molar-refractivity contribution in [1.29, 1.82) is 0 Å². The highest BCUT2D eigenvalue weighted by molar-refractivity contribution is 6.30. The van der Waals surface area contributed by atoms with Crippen LogP contribution in [0.1, 0.15) is 49.5 Å². The van der Waals surface area contributed by atoms with Gasteiger partial charge in [-0.1, -0.05) is 23.7 Å². The van der Waals surface area contributed by atoms with Crippen LogP contribution >= 0.6 is 11.6 Å². The van der Waals surface area contributed by atoms with Crippen molar-refractivity contribution < 1.29 is 9.59 Å². The molecule has 2 amide bonds. The van der Waals surface area contributed by atoms with E-state index in [0.29, 0.717) is 40.2 Å². The molecule has 0 aliphatic heterocycles. The topological polar surface area (TPSA) is 88.9 Å². The van der Waals surface area contributed by atoms with Crippen LogP contribution in [0.5, 0.6) is 0 Å². The van der Waals surface area contributed by atoms with Crippen molar-refractivity contribution in [2.75, 3.05) is 5.32 Å². The predicted octanol–water partition coefficient (Wildman–Crippen LogP) is 3.30. The van der Waals surface area contributed by atoms with Crippen molar-refractivity contribution >= 4 is 29.2 Å². The maximum absolute atomic E-state index is 12.5. The fourth-order valence-corrected chi connectivity index (χ4v) is 4.82. The van der Waals surface area contributed by atoms with Crippen LogP contribution < -0.4 is 10.6 Å². The summed E-state index contributed by atoms with van der Waals surface area (Å²) in [7, 11) is 0. The molecule has 2 N–H and O–H groups in total. The molecule has 2 saturated carbocycles. The number of aromatic nitrogens is 3. The largest absolute Gasteiger partial charge is 0.349 e. The Bertz CT molecular complexity index is 869. The molecule has 0 radical (unpaired) electrons. The first kappa shape index (κ1) is 18.9. The number of rotatable bonds is 6. The lowest BCUT2D eigenvalue weighted by atomic mass is 9.99. The number of carbonyl (C=O) groups is 2. The molecule has 4 rings (SSSR count). The van der Waals surface area contributed by atoms with Crippen molar-refractivity contribution in [2.45, 2.75) is 45.2 Å². The zero-order valence-corrected chi connectivity index (χ0v) is 16.7. The van der Waals surface area contributed by atoms with Gasteiger partial charge in [0, 0.05) is 23.6 Å². The highest BCUT2D eigenvalue weighted by atomic mass is 35.5. The molecule has 1 aromatic carbocycles. The summed E-state index contributed by atoms with van der Waals surface area (Å²) in [6, 6.07) is 7.48. The fraction of sp³-hybridized carbons (Fsp3) is 0.500. The Morgan fingerprint density at radius 3 is 2.54 bits per heavy atom. The molecule has 28 heavy (non-hydrogen) atoms. The lowest BCUT2D eigenvalue weighted by Gasteiger charge is -2.21. The molecule has 3 atom stereocenters. The van der Waals surface area contributed by atoms with Crippen molar-refractivity contribution in [1.82, 2.24) is 20.3 Å². The Balaban J connectivity index is 1.33. The third-order valence-electron chi connectivity index (χ3n) is 6.00. The van der Waals surface area contributed by atoms with Crippen LogP contribution in [-0.4, -0.2) is 32.9 Å². The molecule has 0 bridgehead atoms. The number of fused-ring (bicyclic) bond motifs is 1. The van der Waals surface area contributed by atoms with Gasteiger partial charge in [-0.15, -0.1) is 5.10 Å². The molecule has 3 unspecified atom stereocenters.